The summed E-state index contributed by atoms with van der Waals surface area (Å²) in [5.74, 6) is -0.989. The van der Waals surface area contributed by atoms with Crippen molar-refractivity contribution in [2.75, 3.05) is 10.6 Å². The van der Waals surface area contributed by atoms with Gasteiger partial charge in [-0.1, -0.05) is 11.3 Å². The van der Waals surface area contributed by atoms with Crippen molar-refractivity contribution in [2.45, 2.75) is 6.18 Å². The maximum atomic E-state index is 13.4. The Bertz CT molecular complexity index is 675. The molecule has 0 bridgehead atoms. The summed E-state index contributed by atoms with van der Waals surface area (Å²) in [6.07, 6.45) is -4.63. The number of anilines is 2. The molecule has 0 atom stereocenters. The molecule has 2 N–H and O–H groups in total. The zero-order valence-electron chi connectivity index (χ0n) is 9.83. The van der Waals surface area contributed by atoms with Gasteiger partial charge in [-0.05, 0) is 34.1 Å². The van der Waals surface area contributed by atoms with Crippen LogP contribution in [0.4, 0.5) is 33.2 Å². The van der Waals surface area contributed by atoms with Crippen molar-refractivity contribution in [3.05, 3.63) is 33.5 Å². The van der Waals surface area contributed by atoms with Crippen molar-refractivity contribution in [3.8, 4) is 0 Å². The number of amides is 2. The second kappa shape index (κ2) is 5.93. The van der Waals surface area contributed by atoms with Crippen LogP contribution in [0.2, 0.25) is 0 Å². The van der Waals surface area contributed by atoms with Crippen LogP contribution in [0.5, 0.6) is 0 Å². The van der Waals surface area contributed by atoms with Crippen LogP contribution >= 0.6 is 27.3 Å². The Balaban J connectivity index is 2.13. The summed E-state index contributed by atoms with van der Waals surface area (Å²) in [6, 6.07) is 0.780. The number of aromatic nitrogens is 2. The van der Waals surface area contributed by atoms with Gasteiger partial charge >= 0.3 is 12.2 Å². The molecule has 1 aromatic heterocycles. The molecule has 0 radical (unpaired) electrons. The molecule has 5 nitrogen and oxygen atoms in total. The van der Waals surface area contributed by atoms with Crippen molar-refractivity contribution in [1.82, 2.24) is 10.2 Å². The van der Waals surface area contributed by atoms with Gasteiger partial charge in [-0.15, -0.1) is 10.2 Å². The third-order valence-electron chi connectivity index (χ3n) is 2.16. The average molecular weight is 385 g/mol. The number of carbonyl (C=O) groups excluding carboxylic acids is 1. The van der Waals surface area contributed by atoms with Gasteiger partial charge in [0.25, 0.3) is 0 Å². The van der Waals surface area contributed by atoms with Gasteiger partial charge in [0.15, 0.2) is 3.92 Å². The fourth-order valence-electron chi connectivity index (χ4n) is 1.30. The van der Waals surface area contributed by atoms with Gasteiger partial charge in [-0.2, -0.15) is 13.2 Å². The van der Waals surface area contributed by atoms with Crippen molar-refractivity contribution >= 4 is 44.1 Å². The molecule has 1 aromatic carbocycles. The highest BCUT2D eigenvalue weighted by Crippen LogP contribution is 2.31. The van der Waals surface area contributed by atoms with E-state index in [0.29, 0.717) is 22.1 Å². The van der Waals surface area contributed by atoms with Crippen LogP contribution in [-0.2, 0) is 6.18 Å². The topological polar surface area (TPSA) is 66.9 Å². The Morgan fingerprint density at radius 1 is 1.24 bits per heavy atom. The van der Waals surface area contributed by atoms with E-state index in [0.717, 1.165) is 11.3 Å². The number of nitrogens with one attached hydrogen (secondary N) is 2. The van der Waals surface area contributed by atoms with Gasteiger partial charge in [0.2, 0.25) is 5.13 Å². The van der Waals surface area contributed by atoms with Crippen LogP contribution in [0.25, 0.3) is 0 Å². The first-order valence-corrected chi connectivity index (χ1v) is 6.80. The number of urea groups is 1. The molecule has 1 heterocycles. The lowest BCUT2D eigenvalue weighted by Crippen LogP contribution is -2.20. The molecular formula is C10H5BrF4N4OS. The third kappa shape index (κ3) is 4.11. The average Bonchev–Trinajstić information content (AvgIpc) is 2.76. The van der Waals surface area contributed by atoms with Crippen LogP contribution in [0.15, 0.2) is 22.1 Å². The van der Waals surface area contributed by atoms with E-state index in [1.165, 1.54) is 0 Å². The monoisotopic (exact) mass is 384 g/mol. The number of hydrogen-bond acceptors (Lipinski definition) is 4. The minimum atomic E-state index is -4.63. The van der Waals surface area contributed by atoms with E-state index in [4.69, 9.17) is 0 Å². The number of benzene rings is 1. The fourth-order valence-corrected chi connectivity index (χ4v) is 2.31. The maximum Gasteiger partial charge on any atom is 0.416 e. The zero-order chi connectivity index (χ0) is 15.6. The Labute approximate surface area is 127 Å². The Morgan fingerprint density at radius 3 is 2.52 bits per heavy atom. The molecular weight excluding hydrogens is 380 g/mol. The summed E-state index contributed by atoms with van der Waals surface area (Å²) in [6.45, 7) is 0. The van der Waals surface area contributed by atoms with Crippen LogP contribution in [-0.4, -0.2) is 16.2 Å². The van der Waals surface area contributed by atoms with Crippen molar-refractivity contribution in [3.63, 3.8) is 0 Å². The lowest BCUT2D eigenvalue weighted by molar-refractivity contribution is -0.137. The second-order valence-electron chi connectivity index (χ2n) is 3.63. The van der Waals surface area contributed by atoms with Crippen molar-refractivity contribution in [1.29, 1.82) is 0 Å². The minimum Gasteiger partial charge on any atom is -0.305 e. The predicted molar refractivity (Wildman–Crippen MR) is 71.7 cm³/mol. The minimum absolute atomic E-state index is 0.103. The van der Waals surface area contributed by atoms with Gasteiger partial charge in [0, 0.05) is 0 Å². The van der Waals surface area contributed by atoms with E-state index in [1.54, 1.807) is 0 Å². The SMILES string of the molecule is O=C(Nc1nnc(Br)s1)Nc1cc(C(F)(F)F)ccc1F. The molecule has 11 heteroatoms. The third-order valence-corrected chi connectivity index (χ3v) is 3.43. The highest BCUT2D eigenvalue weighted by molar-refractivity contribution is 9.11. The van der Waals surface area contributed by atoms with Gasteiger partial charge < -0.3 is 5.32 Å². The molecule has 112 valence electrons. The van der Waals surface area contributed by atoms with Gasteiger partial charge in [0.05, 0.1) is 11.3 Å². The van der Waals surface area contributed by atoms with Gasteiger partial charge in [0.1, 0.15) is 5.82 Å². The number of rotatable bonds is 2. The molecule has 0 saturated heterocycles. The van der Waals surface area contributed by atoms with Gasteiger partial charge in [-0.25, -0.2) is 9.18 Å². The molecule has 21 heavy (non-hydrogen) atoms. The molecule has 0 aliphatic heterocycles. The summed E-state index contributed by atoms with van der Waals surface area (Å²) < 4.78 is 51.4. The normalized spacial score (nSPS) is 11.3. The number of hydrogen-bond donors (Lipinski definition) is 2. The molecule has 2 aromatic rings. The van der Waals surface area contributed by atoms with Crippen LogP contribution < -0.4 is 10.6 Å². The lowest BCUT2D eigenvalue weighted by atomic mass is 10.2. The summed E-state index contributed by atoms with van der Waals surface area (Å²) in [5.41, 5.74) is -1.66. The quantitative estimate of drug-likeness (QED) is 0.765. The fraction of sp³-hybridized carbons (Fsp3) is 0.100. The number of alkyl halides is 3. The maximum absolute atomic E-state index is 13.4. The first kappa shape index (κ1) is 15.6. The molecule has 0 aliphatic rings. The van der Waals surface area contributed by atoms with E-state index >= 15 is 0 Å². The number of halogens is 5. The molecule has 2 rings (SSSR count). The number of nitrogens with zero attached hydrogens (tertiary/aromatic N) is 2. The van der Waals surface area contributed by atoms with E-state index in [-0.39, 0.29) is 5.13 Å². The summed E-state index contributed by atoms with van der Waals surface area (Å²) >= 11 is 4.01. The lowest BCUT2D eigenvalue weighted by Gasteiger charge is -2.10. The van der Waals surface area contributed by atoms with Crippen molar-refractivity contribution in [2.24, 2.45) is 0 Å². The molecule has 0 unspecified atom stereocenters. The first-order valence-electron chi connectivity index (χ1n) is 5.19. The standard InChI is InChI=1S/C10H5BrF4N4OS/c11-7-18-19-9(21-7)17-8(20)16-6-3-4(10(13,14)15)1-2-5(6)12/h1-3H,(H2,16,17,19,20). The van der Waals surface area contributed by atoms with E-state index in [2.05, 4.69) is 31.4 Å². The molecule has 2 amide bonds. The van der Waals surface area contributed by atoms with E-state index in [1.807, 2.05) is 5.32 Å². The van der Waals surface area contributed by atoms with Crippen molar-refractivity contribution < 1.29 is 22.4 Å². The summed E-state index contributed by atoms with van der Waals surface area (Å²) in [7, 11) is 0. The smallest absolute Gasteiger partial charge is 0.305 e. The van der Waals surface area contributed by atoms with Crippen LogP contribution in [0.1, 0.15) is 5.56 Å². The number of carbonyl (C=O) groups is 1. The second-order valence-corrected chi connectivity index (χ2v) is 5.89. The Kier molecular flexibility index (Phi) is 4.42. The van der Waals surface area contributed by atoms with E-state index < -0.39 is 29.3 Å². The molecule has 0 fully saturated rings. The first-order chi connectivity index (χ1) is 9.75. The predicted octanol–water partition coefficient (Wildman–Crippen LogP) is 4.10. The summed E-state index contributed by atoms with van der Waals surface area (Å²) in [4.78, 5) is 11.6. The molecule has 0 aliphatic carbocycles. The van der Waals surface area contributed by atoms with Crippen LogP contribution in [0, 0.1) is 5.82 Å². The molecule has 0 spiro atoms. The highest BCUT2D eigenvalue weighted by Gasteiger charge is 2.31. The Morgan fingerprint density at radius 2 is 1.95 bits per heavy atom. The van der Waals surface area contributed by atoms with Crippen LogP contribution in [0.3, 0.4) is 0 Å². The van der Waals surface area contributed by atoms with E-state index in [9.17, 15) is 22.4 Å². The highest BCUT2D eigenvalue weighted by atomic mass is 79.9. The summed E-state index contributed by atoms with van der Waals surface area (Å²) in [5, 5.41) is 11.4. The van der Waals surface area contributed by atoms with Gasteiger partial charge in [-0.3, -0.25) is 5.32 Å². The largest absolute Gasteiger partial charge is 0.416 e. The Hall–Kier alpha value is -1.75. The molecule has 0 saturated carbocycles. The zero-order valence-corrected chi connectivity index (χ0v) is 12.2.